The van der Waals surface area contributed by atoms with Gasteiger partial charge < -0.3 is 4.74 Å². The Morgan fingerprint density at radius 3 is 2.47 bits per heavy atom. The number of nitrogens with two attached hydrogens (primary N) is 2. The first-order valence-electron chi connectivity index (χ1n) is 5.86. The number of methoxy groups -OCH3 is 1. The van der Waals surface area contributed by atoms with E-state index in [1.165, 1.54) is 0 Å². The molecule has 98 valence electrons. The minimum absolute atomic E-state index is 0.0740. The molecule has 5 N–H and O–H groups in total. The monoisotopic (exact) mass is 257 g/mol. The number of rotatable bonds is 3. The molecule has 0 radical (unpaired) electrons. The van der Waals surface area contributed by atoms with Gasteiger partial charge in [0.2, 0.25) is 0 Å². The van der Waals surface area contributed by atoms with Gasteiger partial charge in [-0.15, -0.1) is 5.10 Å². The fraction of sp³-hybridized carbons (Fsp3) is 0.143. The van der Waals surface area contributed by atoms with E-state index in [4.69, 9.17) is 16.2 Å². The van der Waals surface area contributed by atoms with E-state index in [2.05, 4.69) is 16.3 Å². The summed E-state index contributed by atoms with van der Waals surface area (Å²) in [6.45, 7) is 1.89. The first kappa shape index (κ1) is 12.9. The van der Waals surface area contributed by atoms with E-state index < -0.39 is 0 Å². The van der Waals surface area contributed by atoms with Gasteiger partial charge in [-0.05, 0) is 41.5 Å². The van der Waals surface area contributed by atoms with Crippen LogP contribution >= 0.6 is 0 Å². The predicted molar refractivity (Wildman–Crippen MR) is 77.1 cm³/mol. The van der Waals surface area contributed by atoms with E-state index in [9.17, 15) is 0 Å². The zero-order valence-corrected chi connectivity index (χ0v) is 11.0. The summed E-state index contributed by atoms with van der Waals surface area (Å²) < 4.78 is 5.20. The van der Waals surface area contributed by atoms with Crippen molar-refractivity contribution in [3.8, 4) is 5.75 Å². The lowest BCUT2D eigenvalue weighted by Crippen LogP contribution is -2.72. The molecule has 0 spiro atoms. The molecule has 0 aliphatic carbocycles. The summed E-state index contributed by atoms with van der Waals surface area (Å²) in [7, 11) is 1.66. The summed E-state index contributed by atoms with van der Waals surface area (Å²) >= 11 is 0. The molecule has 5 nitrogen and oxygen atoms in total. The van der Waals surface area contributed by atoms with Gasteiger partial charge >= 0.3 is 5.96 Å². The summed E-state index contributed by atoms with van der Waals surface area (Å²) in [5, 5.41) is 8.88. The van der Waals surface area contributed by atoms with E-state index in [0.717, 1.165) is 27.8 Å². The number of benzene rings is 2. The molecule has 19 heavy (non-hydrogen) atoms. The van der Waals surface area contributed by atoms with Crippen molar-refractivity contribution in [3.63, 3.8) is 0 Å². The maximum Gasteiger partial charge on any atom is 0.362 e. The van der Waals surface area contributed by atoms with Crippen molar-refractivity contribution < 1.29 is 9.84 Å². The number of guanidine groups is 1. The average Bonchev–Trinajstić information content (AvgIpc) is 2.43. The molecule has 0 amide bonds. The van der Waals surface area contributed by atoms with Crippen molar-refractivity contribution in [1.29, 1.82) is 0 Å². The second kappa shape index (κ2) is 5.39. The Morgan fingerprint density at radius 1 is 1.11 bits per heavy atom. The van der Waals surface area contributed by atoms with Crippen LogP contribution < -0.4 is 21.3 Å². The summed E-state index contributed by atoms with van der Waals surface area (Å²) in [5.41, 5.74) is 12.4. The molecule has 0 heterocycles. The molecule has 0 atom stereocenters. The highest BCUT2D eigenvalue weighted by Crippen LogP contribution is 2.21. The number of hydrogen-bond acceptors (Lipinski definition) is 2. The van der Waals surface area contributed by atoms with E-state index in [0.29, 0.717) is 0 Å². The van der Waals surface area contributed by atoms with Gasteiger partial charge in [-0.25, -0.2) is 0 Å². The van der Waals surface area contributed by atoms with Crippen LogP contribution in [0.25, 0.3) is 10.8 Å². The molecule has 2 aromatic carbocycles. The van der Waals surface area contributed by atoms with Crippen molar-refractivity contribution in [2.24, 2.45) is 16.6 Å². The zero-order chi connectivity index (χ0) is 13.8. The normalized spacial score (nSPS) is 11.4. The summed E-state index contributed by atoms with van der Waals surface area (Å²) in [6, 6.07) is 12.0. The predicted octanol–water partition coefficient (Wildman–Crippen LogP) is -0.0736. The Kier molecular flexibility index (Phi) is 3.66. The van der Waals surface area contributed by atoms with Crippen LogP contribution in [-0.4, -0.2) is 18.8 Å². The van der Waals surface area contributed by atoms with Crippen LogP contribution in [0.1, 0.15) is 12.5 Å². The van der Waals surface area contributed by atoms with Crippen molar-refractivity contribution in [1.82, 2.24) is 0 Å². The minimum Gasteiger partial charge on any atom is -0.497 e. The van der Waals surface area contributed by atoms with Crippen molar-refractivity contribution in [3.05, 3.63) is 42.0 Å². The second-order valence-corrected chi connectivity index (χ2v) is 4.19. The Labute approximate surface area is 111 Å². The molecule has 2 aromatic rings. The van der Waals surface area contributed by atoms with Crippen LogP contribution in [0.4, 0.5) is 0 Å². The molecule has 0 saturated carbocycles. The van der Waals surface area contributed by atoms with Gasteiger partial charge in [-0.1, -0.05) is 18.2 Å². The average molecular weight is 257 g/mol. The van der Waals surface area contributed by atoms with Crippen LogP contribution in [0.3, 0.4) is 0 Å². The van der Waals surface area contributed by atoms with Crippen LogP contribution in [-0.2, 0) is 0 Å². The molecular weight excluding hydrogens is 240 g/mol. The highest BCUT2D eigenvalue weighted by Gasteiger charge is 2.02. The first-order chi connectivity index (χ1) is 9.10. The lowest BCUT2D eigenvalue weighted by Gasteiger charge is -2.04. The molecule has 2 rings (SSSR count). The largest absolute Gasteiger partial charge is 0.497 e. The third-order valence-corrected chi connectivity index (χ3v) is 2.82. The topological polar surface area (TPSA) is 87.6 Å². The van der Waals surface area contributed by atoms with Crippen molar-refractivity contribution in [2.45, 2.75) is 6.92 Å². The van der Waals surface area contributed by atoms with Gasteiger partial charge in [0.1, 0.15) is 5.75 Å². The van der Waals surface area contributed by atoms with Gasteiger partial charge in [0.05, 0.1) is 12.8 Å². The lowest BCUT2D eigenvalue weighted by molar-refractivity contribution is -0.464. The highest BCUT2D eigenvalue weighted by atomic mass is 16.5. The van der Waals surface area contributed by atoms with Gasteiger partial charge in [0.25, 0.3) is 0 Å². The molecule has 0 aliphatic rings. The second-order valence-electron chi connectivity index (χ2n) is 4.19. The van der Waals surface area contributed by atoms with Gasteiger partial charge in [0.15, 0.2) is 0 Å². The van der Waals surface area contributed by atoms with E-state index in [1.807, 2.05) is 37.3 Å². The van der Waals surface area contributed by atoms with Crippen LogP contribution in [0.2, 0.25) is 0 Å². The van der Waals surface area contributed by atoms with Crippen molar-refractivity contribution in [2.75, 3.05) is 7.11 Å². The van der Waals surface area contributed by atoms with E-state index in [-0.39, 0.29) is 5.96 Å². The third-order valence-electron chi connectivity index (χ3n) is 2.82. The Morgan fingerprint density at radius 2 is 1.79 bits per heavy atom. The third kappa shape index (κ3) is 3.01. The standard InChI is InChI=1S/C14H16N4O/c1-9(17-18-14(15)16)10-3-4-12-8-13(19-2)6-5-11(12)7-10/h3-8H,1-2H3,(H4,15,16,18)/p+1/b17-9-. The molecule has 0 aliphatic heterocycles. The van der Waals surface area contributed by atoms with Gasteiger partial charge in [0, 0.05) is 0 Å². The SMILES string of the molecule is COc1ccc2cc(/C(C)=N\[NH+]=C(N)N)ccc2c1. The summed E-state index contributed by atoms with van der Waals surface area (Å²) in [5.74, 6) is 0.919. The maximum absolute atomic E-state index is 5.30. The lowest BCUT2D eigenvalue weighted by atomic mass is 10.0. The maximum atomic E-state index is 5.30. The molecule has 5 heteroatoms. The van der Waals surface area contributed by atoms with E-state index >= 15 is 0 Å². The summed E-state index contributed by atoms with van der Waals surface area (Å²) in [4.78, 5) is 0. The summed E-state index contributed by atoms with van der Waals surface area (Å²) in [6.07, 6.45) is 0. The number of hydrazone groups is 1. The molecule has 0 bridgehead atoms. The van der Waals surface area contributed by atoms with E-state index in [1.54, 1.807) is 7.11 Å². The molecule has 0 unspecified atom stereocenters. The highest BCUT2D eigenvalue weighted by molar-refractivity contribution is 6.01. The van der Waals surface area contributed by atoms with Gasteiger partial charge in [-0.2, -0.15) is 5.10 Å². The number of nitrogens with zero attached hydrogens (tertiary/aromatic N) is 1. The Hall–Kier alpha value is -2.56. The Balaban J connectivity index is 2.42. The first-order valence-corrected chi connectivity index (χ1v) is 5.86. The minimum atomic E-state index is 0.0740. The molecule has 0 saturated heterocycles. The number of nitrogens with one attached hydrogen (secondary N) is 1. The van der Waals surface area contributed by atoms with Crippen molar-refractivity contribution >= 4 is 22.4 Å². The fourth-order valence-electron chi connectivity index (χ4n) is 1.79. The van der Waals surface area contributed by atoms with Crippen LogP contribution in [0.5, 0.6) is 5.75 Å². The van der Waals surface area contributed by atoms with Crippen LogP contribution in [0.15, 0.2) is 41.5 Å². The Bertz CT molecular complexity index is 658. The zero-order valence-electron chi connectivity index (χ0n) is 11.0. The van der Waals surface area contributed by atoms with Gasteiger partial charge in [-0.3, -0.25) is 11.5 Å². The number of ether oxygens (including phenoxy) is 1. The molecule has 0 aromatic heterocycles. The fourth-order valence-corrected chi connectivity index (χ4v) is 1.79. The smallest absolute Gasteiger partial charge is 0.362 e. The number of hydrogen-bond donors (Lipinski definition) is 3. The van der Waals surface area contributed by atoms with Crippen LogP contribution in [0, 0.1) is 0 Å². The quantitative estimate of drug-likeness (QED) is 0.408. The number of fused-ring (bicyclic) bond motifs is 1. The molecule has 0 fully saturated rings. The molecular formula is C14H17N4O+.